The molecular weight excluding hydrogens is 204 g/mol. The molecule has 0 aromatic heterocycles. The van der Waals surface area contributed by atoms with Crippen LogP contribution in [0.1, 0.15) is 39.5 Å². The van der Waals surface area contributed by atoms with Crippen molar-refractivity contribution in [3.63, 3.8) is 0 Å². The topological polar surface area (TPSA) is 56.5 Å². The van der Waals surface area contributed by atoms with E-state index in [2.05, 4.69) is 18.4 Å². The number of rotatable bonds is 7. The van der Waals surface area contributed by atoms with Gasteiger partial charge in [-0.05, 0) is 32.3 Å². The number of hydrogen-bond donors (Lipinski definition) is 2. The average molecular weight is 228 g/mol. The Balaban J connectivity index is 2.64. The van der Waals surface area contributed by atoms with Crippen LogP contribution in [0.4, 0.5) is 0 Å². The molecule has 1 aliphatic rings. The van der Waals surface area contributed by atoms with Gasteiger partial charge in [-0.15, -0.1) is 0 Å². The van der Waals surface area contributed by atoms with Crippen molar-refractivity contribution in [1.82, 2.24) is 5.43 Å². The number of nitrogens with two attached hydrogens (primary N) is 1. The number of nitrogens with one attached hydrogen (secondary N) is 1. The lowest BCUT2D eigenvalue weighted by atomic mass is 10.0. The number of ether oxygens (including phenoxy) is 2. The van der Waals surface area contributed by atoms with Crippen molar-refractivity contribution in [2.75, 3.05) is 13.2 Å². The van der Waals surface area contributed by atoms with Gasteiger partial charge in [-0.3, -0.25) is 5.84 Å². The smallest absolute Gasteiger partial charge is 0.113 e. The zero-order chi connectivity index (χ0) is 11.8. The molecule has 4 heteroatoms. The molecule has 0 radical (unpaired) electrons. The van der Waals surface area contributed by atoms with E-state index in [0.717, 1.165) is 38.0 Å². The highest BCUT2D eigenvalue weighted by Crippen LogP contribution is 2.19. The molecule has 0 aliphatic carbocycles. The zero-order valence-electron chi connectivity index (χ0n) is 10.4. The van der Waals surface area contributed by atoms with Crippen LogP contribution in [-0.4, -0.2) is 25.4 Å². The van der Waals surface area contributed by atoms with E-state index in [1.807, 2.05) is 6.92 Å². The van der Waals surface area contributed by atoms with Gasteiger partial charge in [-0.2, -0.15) is 0 Å². The second-order valence-corrected chi connectivity index (χ2v) is 4.02. The third-order valence-electron chi connectivity index (χ3n) is 2.77. The molecule has 4 nitrogen and oxygen atoms in total. The minimum absolute atomic E-state index is 0.0137. The summed E-state index contributed by atoms with van der Waals surface area (Å²) in [4.78, 5) is 0. The first-order valence-corrected chi connectivity index (χ1v) is 6.24. The van der Waals surface area contributed by atoms with E-state index >= 15 is 0 Å². The standard InChI is InChI=1S/C12H24N2O2/c1-3-7-10(15-4-2)12(14-13)11-8-5-6-9-16-11/h8,10,12,14H,3-7,9,13H2,1-2H3. The zero-order valence-corrected chi connectivity index (χ0v) is 10.4. The molecule has 0 saturated carbocycles. The summed E-state index contributed by atoms with van der Waals surface area (Å²) in [7, 11) is 0. The number of hydrogen-bond acceptors (Lipinski definition) is 4. The molecule has 0 fully saturated rings. The van der Waals surface area contributed by atoms with Gasteiger partial charge in [0.25, 0.3) is 0 Å². The fraction of sp³-hybridized carbons (Fsp3) is 0.833. The molecule has 0 bridgehead atoms. The van der Waals surface area contributed by atoms with Gasteiger partial charge in [-0.25, -0.2) is 5.43 Å². The van der Waals surface area contributed by atoms with Gasteiger partial charge in [0.05, 0.1) is 12.7 Å². The third kappa shape index (κ3) is 3.77. The molecule has 1 aliphatic heterocycles. The summed E-state index contributed by atoms with van der Waals surface area (Å²) in [6.45, 7) is 5.65. The molecule has 0 aromatic carbocycles. The molecule has 0 amide bonds. The molecule has 1 heterocycles. The van der Waals surface area contributed by atoms with Crippen molar-refractivity contribution >= 4 is 0 Å². The Morgan fingerprint density at radius 3 is 2.88 bits per heavy atom. The number of allylic oxidation sites excluding steroid dienone is 1. The first-order chi connectivity index (χ1) is 7.83. The lowest BCUT2D eigenvalue weighted by Crippen LogP contribution is -2.47. The van der Waals surface area contributed by atoms with E-state index in [0.29, 0.717) is 6.61 Å². The summed E-state index contributed by atoms with van der Waals surface area (Å²) >= 11 is 0. The highest BCUT2D eigenvalue weighted by Gasteiger charge is 2.26. The van der Waals surface area contributed by atoms with Crippen LogP contribution in [-0.2, 0) is 9.47 Å². The van der Waals surface area contributed by atoms with E-state index in [-0.39, 0.29) is 12.1 Å². The SMILES string of the molecule is CCCC(OCC)C(NN)C1=CCCCO1. The van der Waals surface area contributed by atoms with Crippen LogP contribution < -0.4 is 11.3 Å². The maximum atomic E-state index is 5.73. The predicted molar refractivity (Wildman–Crippen MR) is 64.7 cm³/mol. The van der Waals surface area contributed by atoms with E-state index < -0.39 is 0 Å². The molecule has 0 aromatic rings. The predicted octanol–water partition coefficient (Wildman–Crippen LogP) is 1.72. The summed E-state index contributed by atoms with van der Waals surface area (Å²) in [6, 6.07) is -0.0137. The van der Waals surface area contributed by atoms with Crippen molar-refractivity contribution in [2.24, 2.45) is 5.84 Å². The van der Waals surface area contributed by atoms with Crippen LogP contribution >= 0.6 is 0 Å². The second kappa shape index (κ2) is 7.65. The largest absolute Gasteiger partial charge is 0.496 e. The van der Waals surface area contributed by atoms with E-state index in [9.17, 15) is 0 Å². The lowest BCUT2D eigenvalue weighted by molar-refractivity contribution is 0.0174. The van der Waals surface area contributed by atoms with E-state index in [1.54, 1.807) is 0 Å². The van der Waals surface area contributed by atoms with Gasteiger partial charge < -0.3 is 9.47 Å². The quantitative estimate of drug-likeness (QED) is 0.514. The summed E-state index contributed by atoms with van der Waals surface area (Å²) in [5, 5.41) is 0. The maximum Gasteiger partial charge on any atom is 0.113 e. The van der Waals surface area contributed by atoms with Crippen molar-refractivity contribution in [3.8, 4) is 0 Å². The summed E-state index contributed by atoms with van der Waals surface area (Å²) in [5.41, 5.74) is 2.82. The Hall–Kier alpha value is -0.580. The summed E-state index contributed by atoms with van der Waals surface area (Å²) in [5.74, 6) is 6.56. The lowest BCUT2D eigenvalue weighted by Gasteiger charge is -2.29. The molecule has 16 heavy (non-hydrogen) atoms. The van der Waals surface area contributed by atoms with Gasteiger partial charge in [0, 0.05) is 6.61 Å². The molecule has 3 N–H and O–H groups in total. The van der Waals surface area contributed by atoms with Crippen molar-refractivity contribution in [2.45, 2.75) is 51.7 Å². The Labute approximate surface area is 98.1 Å². The van der Waals surface area contributed by atoms with Crippen molar-refractivity contribution in [3.05, 3.63) is 11.8 Å². The van der Waals surface area contributed by atoms with E-state index in [1.165, 1.54) is 0 Å². The molecule has 0 spiro atoms. The molecule has 0 saturated heterocycles. The Kier molecular flexibility index (Phi) is 6.45. The fourth-order valence-corrected chi connectivity index (χ4v) is 2.01. The fourth-order valence-electron chi connectivity index (χ4n) is 2.01. The summed E-state index contributed by atoms with van der Waals surface area (Å²) in [6.07, 6.45) is 6.45. The minimum atomic E-state index is -0.0137. The Morgan fingerprint density at radius 1 is 1.56 bits per heavy atom. The van der Waals surface area contributed by atoms with Gasteiger partial charge in [0.1, 0.15) is 11.8 Å². The monoisotopic (exact) mass is 228 g/mol. The Morgan fingerprint density at radius 2 is 2.38 bits per heavy atom. The summed E-state index contributed by atoms with van der Waals surface area (Å²) < 4.78 is 11.4. The first-order valence-electron chi connectivity index (χ1n) is 6.24. The van der Waals surface area contributed by atoms with Gasteiger partial charge in [0.15, 0.2) is 0 Å². The molecule has 2 unspecified atom stereocenters. The normalized spacial score (nSPS) is 19.8. The molecule has 94 valence electrons. The Bertz CT molecular complexity index is 213. The van der Waals surface area contributed by atoms with Crippen LogP contribution in [0.3, 0.4) is 0 Å². The van der Waals surface area contributed by atoms with E-state index in [4.69, 9.17) is 15.3 Å². The molecule has 1 rings (SSSR count). The van der Waals surface area contributed by atoms with Crippen molar-refractivity contribution in [1.29, 1.82) is 0 Å². The maximum absolute atomic E-state index is 5.73. The van der Waals surface area contributed by atoms with Crippen LogP contribution in [0.5, 0.6) is 0 Å². The average Bonchev–Trinajstić information content (AvgIpc) is 2.32. The van der Waals surface area contributed by atoms with Crippen LogP contribution in [0.25, 0.3) is 0 Å². The second-order valence-electron chi connectivity index (χ2n) is 4.02. The van der Waals surface area contributed by atoms with Gasteiger partial charge >= 0.3 is 0 Å². The van der Waals surface area contributed by atoms with Crippen LogP contribution in [0.2, 0.25) is 0 Å². The highest BCUT2D eigenvalue weighted by atomic mass is 16.5. The van der Waals surface area contributed by atoms with Crippen LogP contribution in [0, 0.1) is 0 Å². The van der Waals surface area contributed by atoms with Gasteiger partial charge in [0.2, 0.25) is 0 Å². The molecule has 2 atom stereocenters. The minimum Gasteiger partial charge on any atom is -0.496 e. The van der Waals surface area contributed by atoms with Gasteiger partial charge in [-0.1, -0.05) is 13.3 Å². The highest BCUT2D eigenvalue weighted by molar-refractivity contribution is 5.08. The van der Waals surface area contributed by atoms with Crippen molar-refractivity contribution < 1.29 is 9.47 Å². The number of hydrazine groups is 1. The third-order valence-corrected chi connectivity index (χ3v) is 2.77. The van der Waals surface area contributed by atoms with Crippen LogP contribution in [0.15, 0.2) is 11.8 Å². The molecular formula is C12H24N2O2. The first kappa shape index (κ1) is 13.5.